The van der Waals surface area contributed by atoms with Gasteiger partial charge in [0, 0.05) is 18.9 Å². The van der Waals surface area contributed by atoms with Gasteiger partial charge >= 0.3 is 12.1 Å². The first-order valence-electron chi connectivity index (χ1n) is 10.7. The van der Waals surface area contributed by atoms with E-state index in [1.807, 2.05) is 24.3 Å². The van der Waals surface area contributed by atoms with Crippen LogP contribution in [0.4, 0.5) is 4.79 Å². The van der Waals surface area contributed by atoms with Crippen LogP contribution in [0.25, 0.3) is 11.1 Å². The fraction of sp³-hybridized carbons (Fsp3) is 0.375. The maximum Gasteiger partial charge on any atom is 0.407 e. The molecule has 2 aromatic rings. The third kappa shape index (κ3) is 4.87. The van der Waals surface area contributed by atoms with Crippen molar-refractivity contribution in [2.75, 3.05) is 13.2 Å². The number of carbonyl (C=O) groups is 3. The van der Waals surface area contributed by atoms with Crippen LogP contribution in [0.3, 0.4) is 0 Å². The second kappa shape index (κ2) is 9.20. The first-order valence-corrected chi connectivity index (χ1v) is 10.7. The third-order valence-corrected chi connectivity index (χ3v) is 5.87. The Hall–Kier alpha value is -3.35. The van der Waals surface area contributed by atoms with Crippen LogP contribution >= 0.6 is 0 Å². The highest BCUT2D eigenvalue weighted by atomic mass is 16.5. The Bertz CT molecular complexity index is 940. The van der Waals surface area contributed by atoms with E-state index in [-0.39, 0.29) is 37.3 Å². The van der Waals surface area contributed by atoms with Gasteiger partial charge in [0.2, 0.25) is 5.91 Å². The van der Waals surface area contributed by atoms with Crippen molar-refractivity contribution >= 4 is 18.0 Å². The SMILES string of the molecule is O=C(CCCNC(=O)OCC1c2ccccc2-c2ccccc21)NC(C(=O)O)C1CC1. The van der Waals surface area contributed by atoms with Crippen LogP contribution in [0.1, 0.15) is 42.7 Å². The summed E-state index contributed by atoms with van der Waals surface area (Å²) in [6.07, 6.45) is 1.71. The molecule has 1 atom stereocenters. The topological polar surface area (TPSA) is 105 Å². The Morgan fingerprint density at radius 1 is 1.00 bits per heavy atom. The average molecular weight is 422 g/mol. The van der Waals surface area contributed by atoms with Gasteiger partial charge < -0.3 is 20.5 Å². The molecule has 0 aromatic heterocycles. The van der Waals surface area contributed by atoms with Gasteiger partial charge in [-0.1, -0.05) is 48.5 Å². The number of carbonyl (C=O) groups excluding carboxylic acids is 2. The van der Waals surface area contributed by atoms with Crippen LogP contribution in [-0.4, -0.2) is 42.3 Å². The van der Waals surface area contributed by atoms with Crippen molar-refractivity contribution in [2.24, 2.45) is 5.92 Å². The quantitative estimate of drug-likeness (QED) is 0.538. The number of carboxylic acid groups (broad SMARTS) is 1. The summed E-state index contributed by atoms with van der Waals surface area (Å²) >= 11 is 0. The molecule has 7 nitrogen and oxygen atoms in total. The lowest BCUT2D eigenvalue weighted by Gasteiger charge is -2.15. The highest BCUT2D eigenvalue weighted by Gasteiger charge is 2.37. The van der Waals surface area contributed by atoms with Gasteiger partial charge in [-0.25, -0.2) is 9.59 Å². The van der Waals surface area contributed by atoms with Crippen molar-refractivity contribution in [3.05, 3.63) is 59.7 Å². The van der Waals surface area contributed by atoms with E-state index in [0.717, 1.165) is 24.0 Å². The van der Waals surface area contributed by atoms with E-state index < -0.39 is 18.1 Å². The predicted molar refractivity (Wildman–Crippen MR) is 115 cm³/mol. The fourth-order valence-corrected chi connectivity index (χ4v) is 4.15. The summed E-state index contributed by atoms with van der Waals surface area (Å²) in [5, 5.41) is 14.4. The molecule has 1 unspecified atom stereocenters. The number of carboxylic acids is 1. The third-order valence-electron chi connectivity index (χ3n) is 5.87. The minimum absolute atomic E-state index is 0.000645. The molecule has 0 aliphatic heterocycles. The molecule has 4 rings (SSSR count). The number of ether oxygens (including phenoxy) is 1. The van der Waals surface area contributed by atoms with Crippen molar-refractivity contribution in [2.45, 2.75) is 37.6 Å². The van der Waals surface area contributed by atoms with Gasteiger partial charge in [-0.2, -0.15) is 0 Å². The Labute approximate surface area is 180 Å². The summed E-state index contributed by atoms with van der Waals surface area (Å²) in [6, 6.07) is 15.5. The Morgan fingerprint density at radius 2 is 1.61 bits per heavy atom. The number of rotatable bonds is 9. The van der Waals surface area contributed by atoms with Gasteiger partial charge in [0.1, 0.15) is 12.6 Å². The summed E-state index contributed by atoms with van der Waals surface area (Å²) < 4.78 is 5.45. The van der Waals surface area contributed by atoms with Crippen molar-refractivity contribution in [3.8, 4) is 11.1 Å². The molecular weight excluding hydrogens is 396 g/mol. The Balaban J connectivity index is 1.21. The molecule has 7 heteroatoms. The number of benzene rings is 2. The van der Waals surface area contributed by atoms with Gasteiger partial charge in [-0.15, -0.1) is 0 Å². The van der Waals surface area contributed by atoms with E-state index in [9.17, 15) is 14.4 Å². The van der Waals surface area contributed by atoms with E-state index in [1.54, 1.807) is 0 Å². The van der Waals surface area contributed by atoms with Gasteiger partial charge in [-0.3, -0.25) is 4.79 Å². The fourth-order valence-electron chi connectivity index (χ4n) is 4.15. The van der Waals surface area contributed by atoms with E-state index in [2.05, 4.69) is 34.9 Å². The standard InChI is InChI=1S/C24H26N2O5/c27-21(26-22(23(28)29)15-11-12-15)10-5-13-25-24(30)31-14-20-18-8-3-1-6-16(18)17-7-2-4-9-19(17)20/h1-4,6-9,15,20,22H,5,10-14H2,(H,25,30)(H,26,27)(H,28,29). The van der Waals surface area contributed by atoms with E-state index in [0.29, 0.717) is 6.42 Å². The summed E-state index contributed by atoms with van der Waals surface area (Å²) in [4.78, 5) is 35.3. The second-order valence-electron chi connectivity index (χ2n) is 8.08. The highest BCUT2D eigenvalue weighted by Crippen LogP contribution is 2.44. The average Bonchev–Trinajstić information content (AvgIpc) is 3.56. The lowest BCUT2D eigenvalue weighted by molar-refractivity contribution is -0.142. The number of hydrogen-bond acceptors (Lipinski definition) is 4. The molecule has 0 heterocycles. The van der Waals surface area contributed by atoms with E-state index in [1.165, 1.54) is 11.1 Å². The smallest absolute Gasteiger partial charge is 0.407 e. The molecule has 0 spiro atoms. The van der Waals surface area contributed by atoms with Crippen molar-refractivity contribution in [3.63, 3.8) is 0 Å². The summed E-state index contributed by atoms with van der Waals surface area (Å²) in [7, 11) is 0. The molecule has 0 radical (unpaired) electrons. The molecule has 2 aliphatic rings. The number of hydrogen-bond donors (Lipinski definition) is 3. The summed E-state index contributed by atoms with van der Waals surface area (Å²) in [5.74, 6) is -1.26. The largest absolute Gasteiger partial charge is 0.480 e. The summed E-state index contributed by atoms with van der Waals surface area (Å²) in [5.41, 5.74) is 4.64. The normalized spacial score (nSPS) is 15.5. The molecule has 0 saturated heterocycles. The van der Waals surface area contributed by atoms with Gasteiger partial charge in [-0.05, 0) is 47.4 Å². The van der Waals surface area contributed by atoms with Crippen molar-refractivity contribution in [1.82, 2.24) is 10.6 Å². The number of aliphatic carboxylic acids is 1. The molecule has 2 aliphatic carbocycles. The molecule has 1 fully saturated rings. The van der Waals surface area contributed by atoms with Crippen molar-refractivity contribution in [1.29, 1.82) is 0 Å². The van der Waals surface area contributed by atoms with Crippen LogP contribution in [0.5, 0.6) is 0 Å². The van der Waals surface area contributed by atoms with Gasteiger partial charge in [0.05, 0.1) is 0 Å². The highest BCUT2D eigenvalue weighted by molar-refractivity contribution is 5.84. The summed E-state index contributed by atoms with van der Waals surface area (Å²) in [6.45, 7) is 0.521. The van der Waals surface area contributed by atoms with Crippen LogP contribution in [0.2, 0.25) is 0 Å². The zero-order valence-electron chi connectivity index (χ0n) is 17.2. The minimum atomic E-state index is -0.993. The molecule has 2 amide bonds. The zero-order valence-corrected chi connectivity index (χ0v) is 17.2. The van der Waals surface area contributed by atoms with Crippen LogP contribution in [0, 0.1) is 5.92 Å². The number of fused-ring (bicyclic) bond motifs is 3. The lowest BCUT2D eigenvalue weighted by atomic mass is 9.98. The second-order valence-corrected chi connectivity index (χ2v) is 8.08. The number of alkyl carbamates (subject to hydrolysis) is 1. The lowest BCUT2D eigenvalue weighted by Crippen LogP contribution is -2.42. The predicted octanol–water partition coefficient (Wildman–Crippen LogP) is 3.28. The maximum atomic E-state index is 12.1. The minimum Gasteiger partial charge on any atom is -0.480 e. The molecule has 3 N–H and O–H groups in total. The molecule has 0 bridgehead atoms. The zero-order chi connectivity index (χ0) is 21.8. The van der Waals surface area contributed by atoms with E-state index >= 15 is 0 Å². The first kappa shape index (κ1) is 20.9. The van der Waals surface area contributed by atoms with Gasteiger partial charge in [0.15, 0.2) is 0 Å². The molecule has 162 valence electrons. The molecule has 31 heavy (non-hydrogen) atoms. The molecular formula is C24H26N2O5. The van der Waals surface area contributed by atoms with Crippen molar-refractivity contribution < 1.29 is 24.2 Å². The number of nitrogens with one attached hydrogen (secondary N) is 2. The number of amides is 2. The Kier molecular flexibility index (Phi) is 6.21. The maximum absolute atomic E-state index is 12.1. The molecule has 1 saturated carbocycles. The van der Waals surface area contributed by atoms with Crippen LogP contribution < -0.4 is 10.6 Å². The van der Waals surface area contributed by atoms with Gasteiger partial charge in [0.25, 0.3) is 0 Å². The monoisotopic (exact) mass is 422 g/mol. The Morgan fingerprint density at radius 3 is 2.19 bits per heavy atom. The van der Waals surface area contributed by atoms with E-state index in [4.69, 9.17) is 9.84 Å². The van der Waals surface area contributed by atoms with Crippen LogP contribution in [0.15, 0.2) is 48.5 Å². The van der Waals surface area contributed by atoms with Crippen LogP contribution in [-0.2, 0) is 14.3 Å². The molecule has 2 aromatic carbocycles. The first-order chi connectivity index (χ1) is 15.0.